The molecule has 0 saturated carbocycles. The molecule has 0 aliphatic heterocycles. The van der Waals surface area contributed by atoms with Gasteiger partial charge in [0, 0.05) is 17.1 Å². The lowest BCUT2D eigenvalue weighted by Crippen LogP contribution is -2.39. The summed E-state index contributed by atoms with van der Waals surface area (Å²) in [6, 6.07) is 17.8. The zero-order valence-electron chi connectivity index (χ0n) is 18.8. The van der Waals surface area contributed by atoms with Crippen LogP contribution in [0.2, 0.25) is 0 Å². The van der Waals surface area contributed by atoms with Crippen molar-refractivity contribution in [2.45, 2.75) is 33.7 Å². The predicted molar refractivity (Wildman–Crippen MR) is 134 cm³/mol. The number of aromatic nitrogens is 2. The van der Waals surface area contributed by atoms with E-state index in [0.29, 0.717) is 23.6 Å². The van der Waals surface area contributed by atoms with Crippen LogP contribution in [0.4, 0.5) is 11.6 Å². The van der Waals surface area contributed by atoms with Gasteiger partial charge in [-0.1, -0.05) is 37.3 Å². The fraction of sp³-hybridized carbons (Fsp3) is 0.250. The van der Waals surface area contributed by atoms with Crippen LogP contribution in [-0.4, -0.2) is 28.1 Å². The molecular formula is C24H28N6OS. The summed E-state index contributed by atoms with van der Waals surface area (Å²) in [6.07, 6.45) is 0.900. The van der Waals surface area contributed by atoms with Gasteiger partial charge in [-0.3, -0.25) is 5.32 Å². The van der Waals surface area contributed by atoms with Gasteiger partial charge in [0.05, 0.1) is 13.7 Å². The molecule has 1 heterocycles. The molecule has 166 valence electrons. The molecule has 0 aliphatic rings. The van der Waals surface area contributed by atoms with Crippen LogP contribution >= 0.6 is 12.2 Å². The smallest absolute Gasteiger partial charge is 0.229 e. The molecule has 0 aliphatic carbocycles. The van der Waals surface area contributed by atoms with E-state index in [1.54, 1.807) is 7.11 Å². The van der Waals surface area contributed by atoms with Crippen LogP contribution in [0.25, 0.3) is 0 Å². The molecule has 32 heavy (non-hydrogen) atoms. The fourth-order valence-electron chi connectivity index (χ4n) is 3.15. The number of methoxy groups -OCH3 is 1. The van der Waals surface area contributed by atoms with Crippen molar-refractivity contribution in [2.24, 2.45) is 4.99 Å². The highest BCUT2D eigenvalue weighted by Gasteiger charge is 2.09. The SMILES string of the molecule is CCc1ccccc1NC(=S)NC(=NCc1cccc(OC)c1)Nc1nc(C)cc(C)n1. The van der Waals surface area contributed by atoms with Crippen molar-refractivity contribution >= 4 is 34.9 Å². The molecule has 0 spiro atoms. The third kappa shape index (κ3) is 6.75. The molecule has 3 aromatic rings. The average Bonchev–Trinajstić information content (AvgIpc) is 2.77. The van der Waals surface area contributed by atoms with E-state index in [1.807, 2.05) is 62.4 Å². The Kier molecular flexibility index (Phi) is 8.10. The summed E-state index contributed by atoms with van der Waals surface area (Å²) >= 11 is 5.55. The third-order valence-corrected chi connectivity index (χ3v) is 4.85. The summed E-state index contributed by atoms with van der Waals surface area (Å²) in [5.41, 5.74) is 4.87. The highest BCUT2D eigenvalue weighted by Crippen LogP contribution is 2.16. The maximum atomic E-state index is 5.55. The molecule has 2 aromatic carbocycles. The lowest BCUT2D eigenvalue weighted by molar-refractivity contribution is 0.414. The Morgan fingerprint density at radius 3 is 2.47 bits per heavy atom. The molecule has 0 atom stereocenters. The molecule has 0 bridgehead atoms. The van der Waals surface area contributed by atoms with Gasteiger partial charge < -0.3 is 15.4 Å². The lowest BCUT2D eigenvalue weighted by Gasteiger charge is -2.16. The first kappa shape index (κ1) is 23.1. The van der Waals surface area contributed by atoms with Gasteiger partial charge in [-0.15, -0.1) is 0 Å². The topological polar surface area (TPSA) is 83.5 Å². The van der Waals surface area contributed by atoms with E-state index in [0.717, 1.165) is 34.8 Å². The van der Waals surface area contributed by atoms with Gasteiger partial charge in [-0.05, 0) is 67.9 Å². The van der Waals surface area contributed by atoms with Crippen LogP contribution in [0.1, 0.15) is 29.4 Å². The van der Waals surface area contributed by atoms with Crippen LogP contribution in [0.15, 0.2) is 59.6 Å². The van der Waals surface area contributed by atoms with Crippen LogP contribution in [0.3, 0.4) is 0 Å². The Hall–Kier alpha value is -3.52. The number of ether oxygens (including phenoxy) is 1. The number of nitrogens with one attached hydrogen (secondary N) is 3. The van der Waals surface area contributed by atoms with Gasteiger partial charge in [0.15, 0.2) is 5.11 Å². The van der Waals surface area contributed by atoms with Gasteiger partial charge in [0.1, 0.15) is 5.75 Å². The van der Waals surface area contributed by atoms with E-state index in [2.05, 4.69) is 43.9 Å². The van der Waals surface area contributed by atoms with E-state index >= 15 is 0 Å². The second kappa shape index (κ2) is 11.2. The molecule has 1 aromatic heterocycles. The number of hydrogen-bond acceptors (Lipinski definition) is 5. The fourth-order valence-corrected chi connectivity index (χ4v) is 3.36. The number of guanidine groups is 1. The van der Waals surface area contributed by atoms with Crippen molar-refractivity contribution < 1.29 is 4.74 Å². The van der Waals surface area contributed by atoms with Gasteiger partial charge in [-0.25, -0.2) is 15.0 Å². The minimum Gasteiger partial charge on any atom is -0.497 e. The number of hydrogen-bond donors (Lipinski definition) is 3. The van der Waals surface area contributed by atoms with Crippen molar-refractivity contribution in [3.8, 4) is 5.75 Å². The maximum absolute atomic E-state index is 5.55. The Labute approximate surface area is 194 Å². The third-order valence-electron chi connectivity index (χ3n) is 4.64. The van der Waals surface area contributed by atoms with Gasteiger partial charge >= 0.3 is 0 Å². The summed E-state index contributed by atoms with van der Waals surface area (Å²) in [5, 5.41) is 9.99. The second-order valence-corrected chi connectivity index (χ2v) is 7.61. The highest BCUT2D eigenvalue weighted by atomic mass is 32.1. The van der Waals surface area contributed by atoms with Crippen LogP contribution in [0, 0.1) is 13.8 Å². The molecule has 0 amide bonds. The number of rotatable bonds is 6. The Balaban J connectivity index is 1.80. The Morgan fingerprint density at radius 1 is 1.00 bits per heavy atom. The first-order valence-corrected chi connectivity index (χ1v) is 10.8. The van der Waals surface area contributed by atoms with E-state index < -0.39 is 0 Å². The molecule has 0 saturated heterocycles. The maximum Gasteiger partial charge on any atom is 0.229 e. The van der Waals surface area contributed by atoms with Crippen molar-refractivity contribution in [1.82, 2.24) is 15.3 Å². The molecule has 0 fully saturated rings. The highest BCUT2D eigenvalue weighted by molar-refractivity contribution is 7.80. The second-order valence-electron chi connectivity index (χ2n) is 7.21. The monoisotopic (exact) mass is 448 g/mol. The normalized spacial score (nSPS) is 11.1. The summed E-state index contributed by atoms with van der Waals surface area (Å²) in [5.74, 6) is 1.69. The zero-order valence-corrected chi connectivity index (χ0v) is 19.6. The van der Waals surface area contributed by atoms with Gasteiger partial charge in [0.25, 0.3) is 0 Å². The molecule has 7 nitrogen and oxygen atoms in total. The number of thiocarbonyl (C=S) groups is 1. The number of anilines is 2. The largest absolute Gasteiger partial charge is 0.497 e. The summed E-state index contributed by atoms with van der Waals surface area (Å²) in [6.45, 7) is 6.38. The summed E-state index contributed by atoms with van der Waals surface area (Å²) < 4.78 is 5.31. The molecular weight excluding hydrogens is 420 g/mol. The first-order chi connectivity index (χ1) is 15.5. The van der Waals surface area contributed by atoms with E-state index in [-0.39, 0.29) is 0 Å². The van der Waals surface area contributed by atoms with Crippen molar-refractivity contribution in [2.75, 3.05) is 17.7 Å². The molecule has 3 N–H and O–H groups in total. The van der Waals surface area contributed by atoms with Crippen molar-refractivity contribution in [3.05, 3.63) is 77.1 Å². The molecule has 8 heteroatoms. The van der Waals surface area contributed by atoms with Crippen molar-refractivity contribution in [1.29, 1.82) is 0 Å². The van der Waals surface area contributed by atoms with E-state index in [1.165, 1.54) is 5.56 Å². The zero-order chi connectivity index (χ0) is 22.9. The van der Waals surface area contributed by atoms with Crippen LogP contribution < -0.4 is 20.7 Å². The lowest BCUT2D eigenvalue weighted by atomic mass is 10.1. The number of nitrogens with zero attached hydrogens (tertiary/aromatic N) is 3. The molecule has 0 radical (unpaired) electrons. The van der Waals surface area contributed by atoms with Gasteiger partial charge in [-0.2, -0.15) is 0 Å². The van der Waals surface area contributed by atoms with Gasteiger partial charge in [0.2, 0.25) is 11.9 Å². The number of benzene rings is 2. The molecule has 0 unspecified atom stereocenters. The standard InChI is InChI=1S/C24H28N6OS/c1-5-19-10-6-7-12-21(19)28-24(32)30-22(29-23-26-16(2)13-17(3)27-23)25-15-18-9-8-11-20(14-18)31-4/h6-14H,5,15H2,1-4H3,(H3,25,26,27,28,29,30,32). The number of aryl methyl sites for hydroxylation is 3. The van der Waals surface area contributed by atoms with Crippen LogP contribution in [0.5, 0.6) is 5.75 Å². The van der Waals surface area contributed by atoms with E-state index in [4.69, 9.17) is 17.0 Å². The number of aliphatic imine (C=N–C) groups is 1. The summed E-state index contributed by atoms with van der Waals surface area (Å²) in [4.78, 5) is 13.6. The Bertz CT molecular complexity index is 1090. The first-order valence-electron chi connectivity index (χ1n) is 10.4. The summed E-state index contributed by atoms with van der Waals surface area (Å²) in [7, 11) is 1.65. The van der Waals surface area contributed by atoms with Crippen molar-refractivity contribution in [3.63, 3.8) is 0 Å². The Morgan fingerprint density at radius 2 is 1.75 bits per heavy atom. The molecule has 3 rings (SSSR count). The average molecular weight is 449 g/mol. The predicted octanol–water partition coefficient (Wildman–Crippen LogP) is 4.62. The quantitative estimate of drug-likeness (QED) is 0.288. The number of para-hydroxylation sites is 1. The minimum absolute atomic E-state index is 0.422. The van der Waals surface area contributed by atoms with Crippen LogP contribution in [-0.2, 0) is 13.0 Å². The van der Waals surface area contributed by atoms with E-state index in [9.17, 15) is 0 Å². The minimum atomic E-state index is 0.422.